The fourth-order valence-electron chi connectivity index (χ4n) is 3.58. The van der Waals surface area contributed by atoms with Gasteiger partial charge in [-0.15, -0.1) is 0 Å². The molecule has 0 saturated carbocycles. The third-order valence-electron chi connectivity index (χ3n) is 4.98. The Hall–Kier alpha value is -2.87. The van der Waals surface area contributed by atoms with E-state index in [0.717, 1.165) is 16.9 Å². The number of carbonyl (C=O) groups excluding carboxylic acids is 1. The average Bonchev–Trinajstić information content (AvgIpc) is 3.06. The van der Waals surface area contributed by atoms with Crippen LogP contribution in [-0.4, -0.2) is 22.2 Å². The SMILES string of the molecule is CCOC(=O)C1=C(C)N=c2s/c(=C\c3cc(Cl)cc(Cl)c3O)c(=O)n2[C@H]1c1ccccc1. The molecule has 0 fully saturated rings. The van der Waals surface area contributed by atoms with Crippen molar-refractivity contribution in [3.05, 3.63) is 94.6 Å². The topological polar surface area (TPSA) is 80.9 Å². The van der Waals surface area contributed by atoms with Gasteiger partial charge in [0.1, 0.15) is 5.75 Å². The zero-order valence-corrected chi connectivity index (χ0v) is 19.5. The van der Waals surface area contributed by atoms with Crippen LogP contribution in [0.4, 0.5) is 0 Å². The molecular weight excluding hydrogens is 471 g/mol. The lowest BCUT2D eigenvalue weighted by molar-refractivity contribution is -0.139. The number of fused-ring (bicyclic) bond motifs is 1. The van der Waals surface area contributed by atoms with Crippen molar-refractivity contribution in [2.24, 2.45) is 4.99 Å². The van der Waals surface area contributed by atoms with Crippen molar-refractivity contribution in [3.8, 4) is 5.75 Å². The van der Waals surface area contributed by atoms with Crippen molar-refractivity contribution in [2.45, 2.75) is 19.9 Å². The molecule has 3 aromatic rings. The van der Waals surface area contributed by atoms with Gasteiger partial charge in [0.15, 0.2) is 4.80 Å². The maximum Gasteiger partial charge on any atom is 0.338 e. The van der Waals surface area contributed by atoms with Crippen LogP contribution >= 0.6 is 34.5 Å². The lowest BCUT2D eigenvalue weighted by atomic mass is 9.96. The summed E-state index contributed by atoms with van der Waals surface area (Å²) in [6, 6.07) is 11.5. The van der Waals surface area contributed by atoms with Gasteiger partial charge in [-0.2, -0.15) is 0 Å². The molecule has 9 heteroatoms. The Morgan fingerprint density at radius 3 is 2.69 bits per heavy atom. The van der Waals surface area contributed by atoms with Gasteiger partial charge >= 0.3 is 5.97 Å². The van der Waals surface area contributed by atoms with E-state index in [9.17, 15) is 14.7 Å². The molecule has 0 radical (unpaired) electrons. The summed E-state index contributed by atoms with van der Waals surface area (Å²) in [6.07, 6.45) is 1.52. The number of nitrogens with zero attached hydrogens (tertiary/aromatic N) is 2. The molecule has 1 N–H and O–H groups in total. The highest BCUT2D eigenvalue weighted by Gasteiger charge is 2.33. The number of ether oxygens (including phenoxy) is 1. The molecule has 0 bridgehead atoms. The van der Waals surface area contributed by atoms with Crippen LogP contribution in [0.5, 0.6) is 5.75 Å². The van der Waals surface area contributed by atoms with Crippen LogP contribution in [0.1, 0.15) is 31.0 Å². The van der Waals surface area contributed by atoms with Crippen LogP contribution in [0.15, 0.2) is 63.5 Å². The van der Waals surface area contributed by atoms with Crippen molar-refractivity contribution in [3.63, 3.8) is 0 Å². The number of halogens is 2. The molecule has 0 amide bonds. The molecule has 2 heterocycles. The van der Waals surface area contributed by atoms with Gasteiger partial charge in [-0.05, 0) is 37.6 Å². The van der Waals surface area contributed by atoms with E-state index in [-0.39, 0.29) is 22.9 Å². The summed E-state index contributed by atoms with van der Waals surface area (Å²) in [4.78, 5) is 31.2. The van der Waals surface area contributed by atoms with Crippen molar-refractivity contribution < 1.29 is 14.6 Å². The highest BCUT2D eigenvalue weighted by Crippen LogP contribution is 2.32. The first-order valence-electron chi connectivity index (χ1n) is 9.74. The smallest absolute Gasteiger partial charge is 0.338 e. The Labute approximate surface area is 197 Å². The summed E-state index contributed by atoms with van der Waals surface area (Å²) >= 11 is 13.2. The van der Waals surface area contributed by atoms with Crippen molar-refractivity contribution >= 4 is 46.6 Å². The number of allylic oxidation sites excluding steroid dienone is 1. The summed E-state index contributed by atoms with van der Waals surface area (Å²) in [5.74, 6) is -0.693. The molecule has 0 unspecified atom stereocenters. The number of hydrogen-bond acceptors (Lipinski definition) is 6. The van der Waals surface area contributed by atoms with Gasteiger partial charge in [0.25, 0.3) is 5.56 Å². The molecule has 4 rings (SSSR count). The minimum absolute atomic E-state index is 0.0825. The van der Waals surface area contributed by atoms with Gasteiger partial charge in [0.05, 0.1) is 33.5 Å². The van der Waals surface area contributed by atoms with Gasteiger partial charge < -0.3 is 9.84 Å². The fraction of sp³-hybridized carbons (Fsp3) is 0.174. The molecule has 6 nitrogen and oxygen atoms in total. The molecule has 1 aliphatic heterocycles. The zero-order chi connectivity index (χ0) is 23.0. The van der Waals surface area contributed by atoms with E-state index in [1.54, 1.807) is 13.8 Å². The van der Waals surface area contributed by atoms with Gasteiger partial charge in [-0.3, -0.25) is 9.36 Å². The summed E-state index contributed by atoms with van der Waals surface area (Å²) in [5, 5.41) is 10.7. The van der Waals surface area contributed by atoms with Crippen LogP contribution in [0.25, 0.3) is 6.08 Å². The highest BCUT2D eigenvalue weighted by atomic mass is 35.5. The van der Waals surface area contributed by atoms with Crippen LogP contribution < -0.4 is 14.9 Å². The van der Waals surface area contributed by atoms with Crippen molar-refractivity contribution in [1.82, 2.24) is 4.57 Å². The molecular formula is C23H18Cl2N2O4S. The van der Waals surface area contributed by atoms with Gasteiger partial charge in [-0.25, -0.2) is 9.79 Å². The van der Waals surface area contributed by atoms with Crippen molar-refractivity contribution in [1.29, 1.82) is 0 Å². The second kappa shape index (κ2) is 8.94. The molecule has 0 spiro atoms. The number of phenolic OH excluding ortho intramolecular Hbond substituents is 1. The monoisotopic (exact) mass is 488 g/mol. The number of thiazole rings is 1. The summed E-state index contributed by atoms with van der Waals surface area (Å²) in [6.45, 7) is 3.65. The molecule has 1 aliphatic rings. The average molecular weight is 489 g/mol. The Kier molecular flexibility index (Phi) is 6.24. The maximum absolute atomic E-state index is 13.5. The summed E-state index contributed by atoms with van der Waals surface area (Å²) in [7, 11) is 0. The molecule has 32 heavy (non-hydrogen) atoms. The molecule has 164 valence electrons. The lowest BCUT2D eigenvalue weighted by Gasteiger charge is -2.24. The van der Waals surface area contributed by atoms with Gasteiger partial charge in [0.2, 0.25) is 0 Å². The van der Waals surface area contributed by atoms with E-state index in [4.69, 9.17) is 27.9 Å². The van der Waals surface area contributed by atoms with E-state index in [2.05, 4.69) is 4.99 Å². The van der Waals surface area contributed by atoms with Gasteiger partial charge in [0, 0.05) is 10.6 Å². The van der Waals surface area contributed by atoms with Gasteiger partial charge in [-0.1, -0.05) is 64.9 Å². The number of rotatable bonds is 4. The second-order valence-electron chi connectivity index (χ2n) is 7.04. The normalized spacial score (nSPS) is 16.0. The molecule has 1 aromatic heterocycles. The Morgan fingerprint density at radius 1 is 1.28 bits per heavy atom. The standard InChI is InChI=1S/C23H18Cl2N2O4S/c1-3-31-22(30)18-12(2)26-23-27(19(18)13-7-5-4-6-8-13)21(29)17(32-23)10-14-9-15(24)11-16(25)20(14)28/h4-11,19,28H,3H2,1-2H3/b17-10-/t19-/m0/s1. The minimum Gasteiger partial charge on any atom is -0.506 e. The van der Waals surface area contributed by atoms with Crippen LogP contribution in [0.2, 0.25) is 10.0 Å². The lowest BCUT2D eigenvalue weighted by Crippen LogP contribution is -2.39. The van der Waals surface area contributed by atoms with Crippen LogP contribution in [-0.2, 0) is 9.53 Å². The molecule has 2 aromatic carbocycles. The summed E-state index contributed by atoms with van der Waals surface area (Å²) < 4.78 is 7.06. The van der Waals surface area contributed by atoms with E-state index in [1.807, 2.05) is 30.3 Å². The number of phenols is 1. The third kappa shape index (κ3) is 3.99. The van der Waals surface area contributed by atoms with Crippen LogP contribution in [0.3, 0.4) is 0 Å². The number of esters is 1. The predicted molar refractivity (Wildman–Crippen MR) is 125 cm³/mol. The molecule has 0 aliphatic carbocycles. The quantitative estimate of drug-likeness (QED) is 0.566. The number of hydrogen-bond donors (Lipinski definition) is 1. The third-order valence-corrected chi connectivity index (χ3v) is 6.47. The van der Waals surface area contributed by atoms with E-state index >= 15 is 0 Å². The Morgan fingerprint density at radius 2 is 2.00 bits per heavy atom. The number of aromatic nitrogens is 1. The number of aromatic hydroxyl groups is 1. The van der Waals surface area contributed by atoms with E-state index < -0.39 is 12.0 Å². The largest absolute Gasteiger partial charge is 0.506 e. The number of carbonyl (C=O) groups is 1. The first-order valence-corrected chi connectivity index (χ1v) is 11.3. The highest BCUT2D eigenvalue weighted by molar-refractivity contribution is 7.07. The van der Waals surface area contributed by atoms with E-state index in [1.165, 1.54) is 22.8 Å². The summed E-state index contributed by atoms with van der Waals surface area (Å²) in [5.41, 5.74) is 1.51. The molecule has 1 atom stereocenters. The Bertz CT molecular complexity index is 1420. The maximum atomic E-state index is 13.5. The predicted octanol–water partition coefficient (Wildman–Crippen LogP) is 3.81. The zero-order valence-electron chi connectivity index (χ0n) is 17.1. The fourth-order valence-corrected chi connectivity index (χ4v) is 5.13. The van der Waals surface area contributed by atoms with Crippen LogP contribution in [0, 0.1) is 0 Å². The minimum atomic E-state index is -0.690. The Balaban J connectivity index is 1.98. The first-order chi connectivity index (χ1) is 15.3. The number of benzene rings is 2. The first kappa shape index (κ1) is 22.3. The van der Waals surface area contributed by atoms with Crippen molar-refractivity contribution in [2.75, 3.05) is 6.61 Å². The second-order valence-corrected chi connectivity index (χ2v) is 8.89. The van der Waals surface area contributed by atoms with E-state index in [0.29, 0.717) is 31.2 Å². The molecule has 0 saturated heterocycles.